The number of carbonyl (C=O) groups excluding carboxylic acids is 1. The third-order valence-electron chi connectivity index (χ3n) is 5.44. The lowest BCUT2D eigenvalue weighted by molar-refractivity contribution is 0.0950. The van der Waals surface area contributed by atoms with Crippen LogP contribution in [0.25, 0.3) is 22.3 Å². The van der Waals surface area contributed by atoms with Crippen molar-refractivity contribution in [1.29, 1.82) is 0 Å². The second-order valence-corrected chi connectivity index (χ2v) is 10.5. The maximum atomic E-state index is 12.6. The Labute approximate surface area is 199 Å². The second kappa shape index (κ2) is 9.26. The van der Waals surface area contributed by atoms with E-state index in [9.17, 15) is 13.2 Å². The van der Waals surface area contributed by atoms with Gasteiger partial charge in [-0.15, -0.1) is 5.10 Å². The summed E-state index contributed by atoms with van der Waals surface area (Å²) in [5, 5.41) is 11.2. The van der Waals surface area contributed by atoms with E-state index in [2.05, 4.69) is 34.3 Å². The van der Waals surface area contributed by atoms with Crippen molar-refractivity contribution in [1.82, 2.24) is 25.5 Å². The number of nitrogens with one attached hydrogen (secondary N) is 1. The number of sulfone groups is 1. The zero-order chi connectivity index (χ0) is 24.5. The maximum Gasteiger partial charge on any atom is 0.251 e. The molecule has 3 heterocycles. The second-order valence-electron chi connectivity index (χ2n) is 8.50. The number of hydrogen-bond acceptors (Lipinski definition) is 7. The van der Waals surface area contributed by atoms with Crippen molar-refractivity contribution < 1.29 is 14.6 Å². The summed E-state index contributed by atoms with van der Waals surface area (Å²) in [4.78, 5) is 21.9. The lowest BCUT2D eigenvalue weighted by Gasteiger charge is -2.09. The lowest BCUT2D eigenvalue weighted by Crippen LogP contribution is -2.24. The molecule has 0 saturated carbocycles. The summed E-state index contributed by atoms with van der Waals surface area (Å²) in [5.74, 6) is -0.0879. The zero-order valence-electron chi connectivity index (χ0n) is 19.4. The van der Waals surface area contributed by atoms with Crippen LogP contribution in [0.3, 0.4) is 0 Å². The van der Waals surface area contributed by atoms with E-state index in [1.165, 1.54) is 6.07 Å². The first-order chi connectivity index (χ1) is 16.1. The van der Waals surface area contributed by atoms with E-state index in [0.29, 0.717) is 28.2 Å². The average Bonchev–Trinajstić information content (AvgIpc) is 2.81. The fraction of sp³-hybridized carbons (Fsp3) is 0.240. The Morgan fingerprint density at radius 3 is 2.56 bits per heavy atom. The van der Waals surface area contributed by atoms with Gasteiger partial charge in [0.15, 0.2) is 9.84 Å². The summed E-state index contributed by atoms with van der Waals surface area (Å²) in [6.07, 6.45) is 2.90. The third-order valence-corrected chi connectivity index (χ3v) is 6.68. The molecule has 0 unspecified atom stereocenters. The maximum absolute atomic E-state index is 12.6. The predicted molar refractivity (Wildman–Crippen MR) is 132 cm³/mol. The molecule has 0 aliphatic rings. The highest BCUT2D eigenvalue weighted by Crippen LogP contribution is 2.23. The van der Waals surface area contributed by atoms with Gasteiger partial charge in [-0.05, 0) is 60.9 Å². The number of pyridine rings is 2. The van der Waals surface area contributed by atoms with E-state index in [4.69, 9.17) is 4.98 Å². The van der Waals surface area contributed by atoms with Gasteiger partial charge >= 0.3 is 0 Å². The molecule has 0 spiro atoms. The summed E-state index contributed by atoms with van der Waals surface area (Å²) >= 11 is 0. The van der Waals surface area contributed by atoms with Gasteiger partial charge in [-0.2, -0.15) is 5.10 Å². The number of rotatable bonds is 6. The van der Waals surface area contributed by atoms with Gasteiger partial charge in [0.2, 0.25) is 0 Å². The van der Waals surface area contributed by atoms with Gasteiger partial charge in [-0.1, -0.05) is 19.9 Å². The van der Waals surface area contributed by atoms with Gasteiger partial charge in [0.1, 0.15) is 5.52 Å². The van der Waals surface area contributed by atoms with Crippen LogP contribution in [0.4, 0.5) is 0 Å². The van der Waals surface area contributed by atoms with Crippen LogP contribution in [-0.2, 0) is 16.4 Å². The van der Waals surface area contributed by atoms with E-state index in [-0.39, 0.29) is 18.4 Å². The van der Waals surface area contributed by atoms with Crippen molar-refractivity contribution in [2.75, 3.05) is 6.26 Å². The number of carbonyl (C=O) groups is 1. The van der Waals surface area contributed by atoms with Gasteiger partial charge in [0, 0.05) is 30.7 Å². The van der Waals surface area contributed by atoms with Gasteiger partial charge < -0.3 is 5.32 Å². The molecule has 9 heteroatoms. The van der Waals surface area contributed by atoms with Crippen molar-refractivity contribution in [3.8, 4) is 11.3 Å². The molecule has 8 nitrogen and oxygen atoms in total. The number of fused-ring (bicyclic) bond motifs is 1. The fourth-order valence-electron chi connectivity index (χ4n) is 3.55. The van der Waals surface area contributed by atoms with Crippen LogP contribution >= 0.6 is 0 Å². The largest absolute Gasteiger partial charge is 0.346 e. The van der Waals surface area contributed by atoms with Crippen molar-refractivity contribution in [2.24, 2.45) is 0 Å². The lowest BCUT2D eigenvalue weighted by atomic mass is 10.1. The highest BCUT2D eigenvalue weighted by Gasteiger charge is 2.15. The number of hydrogen-bond donors (Lipinski definition) is 1. The number of aromatic nitrogens is 4. The van der Waals surface area contributed by atoms with Crippen molar-refractivity contribution in [2.45, 2.75) is 38.1 Å². The standard InChI is InChI=1S/C25H25N5O3S.H2/c1-15(2)22-11-17(9-10-26-22)20-7-8-21-23(28-20)13-19(29-30-21)14-27-25(31)18-6-5-16(3)24(12-18)34(4,32)33;/h5-13,15H,14H2,1-4H3,(H,27,31);1H. The molecule has 34 heavy (non-hydrogen) atoms. The molecule has 3 aromatic heterocycles. The minimum atomic E-state index is -3.43. The van der Waals surface area contributed by atoms with Gasteiger partial charge in [0.25, 0.3) is 5.91 Å². The van der Waals surface area contributed by atoms with Crippen LogP contribution in [0.2, 0.25) is 0 Å². The van der Waals surface area contributed by atoms with Gasteiger partial charge in [-0.25, -0.2) is 13.4 Å². The molecule has 1 N–H and O–H groups in total. The summed E-state index contributed by atoms with van der Waals surface area (Å²) in [7, 11) is -3.43. The fourth-order valence-corrected chi connectivity index (χ4v) is 4.54. The van der Waals surface area contributed by atoms with E-state index in [1.54, 1.807) is 31.3 Å². The number of nitrogens with zero attached hydrogens (tertiary/aromatic N) is 4. The van der Waals surface area contributed by atoms with Crippen LogP contribution in [0.1, 0.15) is 48.5 Å². The Morgan fingerprint density at radius 2 is 1.82 bits per heavy atom. The Kier molecular flexibility index (Phi) is 6.39. The Morgan fingerprint density at radius 1 is 1.03 bits per heavy atom. The first-order valence-corrected chi connectivity index (χ1v) is 12.7. The first kappa shape index (κ1) is 23.4. The monoisotopic (exact) mass is 477 g/mol. The van der Waals surface area contributed by atoms with Crippen LogP contribution in [0.5, 0.6) is 0 Å². The van der Waals surface area contributed by atoms with E-state index < -0.39 is 15.7 Å². The Hall–Kier alpha value is -3.72. The summed E-state index contributed by atoms with van der Waals surface area (Å²) in [6.45, 7) is 6.01. The van der Waals surface area contributed by atoms with Gasteiger partial charge in [-0.3, -0.25) is 9.78 Å². The zero-order valence-corrected chi connectivity index (χ0v) is 20.2. The molecule has 1 amide bonds. The van der Waals surface area contributed by atoms with Crippen LogP contribution in [0, 0.1) is 6.92 Å². The molecule has 1 aromatic carbocycles. The third kappa shape index (κ3) is 5.09. The molecular weight excluding hydrogens is 450 g/mol. The number of benzene rings is 1. The minimum Gasteiger partial charge on any atom is -0.346 e. The molecular formula is C25H27N5O3S. The number of aryl methyl sites for hydroxylation is 1. The first-order valence-electron chi connectivity index (χ1n) is 10.8. The highest BCUT2D eigenvalue weighted by molar-refractivity contribution is 7.90. The summed E-state index contributed by atoms with van der Waals surface area (Å²) in [5.41, 5.74) is 5.46. The molecule has 0 fully saturated rings. The van der Waals surface area contributed by atoms with E-state index >= 15 is 0 Å². The van der Waals surface area contributed by atoms with Crippen molar-refractivity contribution >= 4 is 26.8 Å². The van der Waals surface area contributed by atoms with Crippen LogP contribution < -0.4 is 5.32 Å². The molecule has 4 aromatic rings. The SMILES string of the molecule is Cc1ccc(C(=O)NCc2cc3nc(-c4ccnc(C(C)C)c4)ccc3nn2)cc1S(C)(=O)=O.[HH]. The van der Waals surface area contributed by atoms with E-state index in [0.717, 1.165) is 23.2 Å². The molecule has 0 aliphatic heterocycles. The minimum absolute atomic E-state index is 0. The Balaban J connectivity index is 0.00000342. The summed E-state index contributed by atoms with van der Waals surface area (Å²) in [6, 6.07) is 14.1. The van der Waals surface area contributed by atoms with E-state index in [1.807, 2.05) is 24.3 Å². The number of amides is 1. The highest BCUT2D eigenvalue weighted by atomic mass is 32.2. The predicted octanol–water partition coefficient (Wildman–Crippen LogP) is 4.10. The molecule has 0 bridgehead atoms. The topological polar surface area (TPSA) is 115 Å². The quantitative estimate of drug-likeness (QED) is 0.445. The van der Waals surface area contributed by atoms with Crippen LogP contribution in [-0.4, -0.2) is 40.7 Å². The van der Waals surface area contributed by atoms with Crippen molar-refractivity contribution in [3.05, 3.63) is 77.2 Å². The Bertz CT molecular complexity index is 1510. The summed E-state index contributed by atoms with van der Waals surface area (Å²) < 4.78 is 23.9. The van der Waals surface area contributed by atoms with Gasteiger partial charge in [0.05, 0.1) is 28.3 Å². The molecule has 0 aliphatic carbocycles. The average molecular weight is 478 g/mol. The van der Waals surface area contributed by atoms with Crippen LogP contribution in [0.15, 0.2) is 59.6 Å². The normalized spacial score (nSPS) is 11.7. The molecule has 0 atom stereocenters. The molecule has 0 radical (unpaired) electrons. The molecule has 4 rings (SSSR count). The molecule has 176 valence electrons. The smallest absolute Gasteiger partial charge is 0.251 e. The molecule has 0 saturated heterocycles. The van der Waals surface area contributed by atoms with Crippen molar-refractivity contribution in [3.63, 3.8) is 0 Å².